The molecule has 0 fully saturated rings. The lowest BCUT2D eigenvalue weighted by molar-refractivity contribution is -0.119. The third kappa shape index (κ3) is 4.42. The number of nitrogens with two attached hydrogens (primary N) is 1. The molecular formula is C13H20N4O3. The van der Waals surface area contributed by atoms with E-state index in [4.69, 9.17) is 10.8 Å². The highest BCUT2D eigenvalue weighted by molar-refractivity contribution is 5.94. The molecule has 1 aromatic rings. The van der Waals surface area contributed by atoms with E-state index in [0.29, 0.717) is 18.3 Å². The number of aromatic carboxylic acids is 1. The molecule has 1 heterocycles. The Hall–Kier alpha value is -2.31. The van der Waals surface area contributed by atoms with Gasteiger partial charge < -0.3 is 21.1 Å². The second-order valence-electron chi connectivity index (χ2n) is 4.99. The summed E-state index contributed by atoms with van der Waals surface area (Å²) in [7, 11) is 1.67. The summed E-state index contributed by atoms with van der Waals surface area (Å²) in [6, 6.07) is 1.35. The second kappa shape index (κ2) is 6.74. The van der Waals surface area contributed by atoms with Crippen LogP contribution in [0.5, 0.6) is 0 Å². The minimum Gasteiger partial charge on any atom is -0.478 e. The fourth-order valence-electron chi connectivity index (χ4n) is 1.52. The first-order chi connectivity index (χ1) is 9.31. The van der Waals surface area contributed by atoms with E-state index in [9.17, 15) is 9.59 Å². The Labute approximate surface area is 117 Å². The zero-order valence-corrected chi connectivity index (χ0v) is 11.9. The molecule has 7 heteroatoms. The largest absolute Gasteiger partial charge is 0.478 e. The Kier molecular flexibility index (Phi) is 5.31. The van der Waals surface area contributed by atoms with E-state index in [2.05, 4.69) is 10.3 Å². The van der Waals surface area contributed by atoms with Crippen LogP contribution in [-0.4, -0.2) is 42.1 Å². The minimum absolute atomic E-state index is 0.0237. The smallest absolute Gasteiger partial charge is 0.337 e. The number of carbonyl (C=O) groups is 2. The average molecular weight is 280 g/mol. The van der Waals surface area contributed by atoms with Crippen LogP contribution in [-0.2, 0) is 4.79 Å². The topological polar surface area (TPSA) is 109 Å². The molecule has 7 nitrogen and oxygen atoms in total. The quantitative estimate of drug-likeness (QED) is 0.703. The lowest BCUT2D eigenvalue weighted by atomic mass is 10.2. The number of nitrogens with one attached hydrogen (secondary N) is 1. The van der Waals surface area contributed by atoms with Crippen LogP contribution in [0.25, 0.3) is 0 Å². The summed E-state index contributed by atoms with van der Waals surface area (Å²) < 4.78 is 0. The van der Waals surface area contributed by atoms with Gasteiger partial charge in [-0.3, -0.25) is 4.79 Å². The molecule has 4 N–H and O–H groups in total. The highest BCUT2D eigenvalue weighted by atomic mass is 16.4. The predicted molar refractivity (Wildman–Crippen MR) is 76.7 cm³/mol. The molecule has 0 radical (unpaired) electrons. The minimum atomic E-state index is -1.12. The summed E-state index contributed by atoms with van der Waals surface area (Å²) in [5.74, 6) is -0.505. The molecule has 1 rings (SSSR count). The molecule has 0 saturated heterocycles. The lowest BCUT2D eigenvalue weighted by Gasteiger charge is -2.18. The number of hydrogen-bond donors (Lipinski definition) is 3. The van der Waals surface area contributed by atoms with Gasteiger partial charge in [-0.1, -0.05) is 13.8 Å². The molecule has 0 unspecified atom stereocenters. The number of rotatable bonds is 6. The molecule has 20 heavy (non-hydrogen) atoms. The summed E-state index contributed by atoms with van der Waals surface area (Å²) >= 11 is 0. The van der Waals surface area contributed by atoms with Gasteiger partial charge >= 0.3 is 5.97 Å². The van der Waals surface area contributed by atoms with Gasteiger partial charge in [-0.25, -0.2) is 9.78 Å². The number of pyridine rings is 1. The average Bonchev–Trinajstić information content (AvgIpc) is 2.36. The van der Waals surface area contributed by atoms with Gasteiger partial charge in [0, 0.05) is 13.6 Å². The molecule has 0 aromatic carbocycles. The molecule has 0 spiro atoms. The third-order valence-corrected chi connectivity index (χ3v) is 2.63. The lowest BCUT2D eigenvalue weighted by Crippen LogP contribution is -2.37. The Morgan fingerprint density at radius 1 is 1.50 bits per heavy atom. The molecule has 0 atom stereocenters. The number of carboxylic acid groups (broad SMARTS) is 1. The summed E-state index contributed by atoms with van der Waals surface area (Å²) in [4.78, 5) is 28.3. The molecule has 1 amide bonds. The van der Waals surface area contributed by atoms with E-state index in [-0.39, 0.29) is 23.7 Å². The predicted octanol–water partition coefficient (Wildman–Crippen LogP) is 0.570. The van der Waals surface area contributed by atoms with Crippen LogP contribution in [0.3, 0.4) is 0 Å². The van der Waals surface area contributed by atoms with Gasteiger partial charge in [-0.05, 0) is 12.0 Å². The second-order valence-corrected chi connectivity index (χ2v) is 4.99. The van der Waals surface area contributed by atoms with Crippen LogP contribution in [0.2, 0.25) is 0 Å². The van der Waals surface area contributed by atoms with E-state index in [1.165, 1.54) is 12.3 Å². The maximum atomic E-state index is 11.7. The third-order valence-electron chi connectivity index (χ3n) is 2.63. The van der Waals surface area contributed by atoms with Gasteiger partial charge in [0.15, 0.2) is 0 Å². The maximum Gasteiger partial charge on any atom is 0.337 e. The Bertz CT molecular complexity index is 502. The van der Waals surface area contributed by atoms with E-state index in [1.54, 1.807) is 11.9 Å². The molecule has 0 saturated carbocycles. The molecular weight excluding hydrogens is 260 g/mol. The van der Waals surface area contributed by atoms with Crippen molar-refractivity contribution in [1.82, 2.24) is 10.3 Å². The number of anilines is 2. The van der Waals surface area contributed by atoms with Crippen LogP contribution in [0.15, 0.2) is 12.3 Å². The Morgan fingerprint density at radius 3 is 2.70 bits per heavy atom. The summed E-state index contributed by atoms with van der Waals surface area (Å²) in [5.41, 5.74) is 5.60. The van der Waals surface area contributed by atoms with Crippen LogP contribution >= 0.6 is 0 Å². The first kappa shape index (κ1) is 15.7. The zero-order valence-electron chi connectivity index (χ0n) is 11.9. The van der Waals surface area contributed by atoms with Gasteiger partial charge in [-0.15, -0.1) is 0 Å². The number of nitrogen functional groups attached to an aromatic ring is 1. The van der Waals surface area contributed by atoms with Gasteiger partial charge in [0.05, 0.1) is 24.0 Å². The zero-order chi connectivity index (χ0) is 15.3. The van der Waals surface area contributed by atoms with Crippen LogP contribution in [0.4, 0.5) is 11.5 Å². The summed E-state index contributed by atoms with van der Waals surface area (Å²) in [6.07, 6.45) is 1.28. The normalized spacial score (nSPS) is 10.4. The van der Waals surface area contributed by atoms with E-state index in [1.807, 2.05) is 13.8 Å². The van der Waals surface area contributed by atoms with Crippen molar-refractivity contribution < 1.29 is 14.7 Å². The summed E-state index contributed by atoms with van der Waals surface area (Å²) in [6.45, 7) is 4.71. The number of nitrogens with zero attached hydrogens (tertiary/aromatic N) is 2. The molecule has 0 aliphatic carbocycles. The fraction of sp³-hybridized carbons (Fsp3) is 0.462. The van der Waals surface area contributed by atoms with Crippen LogP contribution < -0.4 is 16.0 Å². The SMILES string of the molecule is CC(C)CNC(=O)CN(C)c1cc(C(=O)O)c(N)cn1. The standard InChI is InChI=1S/C13H20N4O3/c1-8(2)5-16-12(18)7-17(3)11-4-9(13(19)20)10(14)6-15-11/h4,6,8H,5,7,14H2,1-3H3,(H,16,18)(H,19,20). The van der Waals surface area contributed by atoms with E-state index >= 15 is 0 Å². The van der Waals surface area contributed by atoms with Crippen LogP contribution in [0.1, 0.15) is 24.2 Å². The molecule has 0 bridgehead atoms. The number of amides is 1. The van der Waals surface area contributed by atoms with Crippen molar-refractivity contribution in [2.24, 2.45) is 5.92 Å². The Morgan fingerprint density at radius 2 is 2.15 bits per heavy atom. The van der Waals surface area contributed by atoms with E-state index < -0.39 is 5.97 Å². The van der Waals surface area contributed by atoms with Gasteiger partial charge in [-0.2, -0.15) is 0 Å². The van der Waals surface area contributed by atoms with E-state index in [0.717, 1.165) is 0 Å². The van der Waals surface area contributed by atoms with Gasteiger partial charge in [0.2, 0.25) is 5.91 Å². The van der Waals surface area contributed by atoms with Gasteiger partial charge in [0.25, 0.3) is 0 Å². The molecule has 0 aliphatic heterocycles. The van der Waals surface area contributed by atoms with Crippen molar-refractivity contribution in [3.63, 3.8) is 0 Å². The highest BCUT2D eigenvalue weighted by Crippen LogP contribution is 2.17. The van der Waals surface area contributed by atoms with Crippen molar-refractivity contribution in [1.29, 1.82) is 0 Å². The molecule has 0 aliphatic rings. The van der Waals surface area contributed by atoms with Crippen molar-refractivity contribution >= 4 is 23.4 Å². The summed E-state index contributed by atoms with van der Waals surface area (Å²) in [5, 5.41) is 11.8. The van der Waals surface area contributed by atoms with Crippen molar-refractivity contribution in [2.75, 3.05) is 30.8 Å². The number of likely N-dealkylation sites (N-methyl/N-ethyl adjacent to an activating group) is 1. The monoisotopic (exact) mass is 280 g/mol. The number of aromatic nitrogens is 1. The number of carbonyl (C=O) groups excluding carboxylic acids is 1. The number of hydrogen-bond acceptors (Lipinski definition) is 5. The van der Waals surface area contributed by atoms with Crippen molar-refractivity contribution in [2.45, 2.75) is 13.8 Å². The first-order valence-electron chi connectivity index (χ1n) is 6.28. The molecule has 1 aromatic heterocycles. The molecule has 110 valence electrons. The highest BCUT2D eigenvalue weighted by Gasteiger charge is 2.14. The first-order valence-corrected chi connectivity index (χ1v) is 6.28. The van der Waals surface area contributed by atoms with Crippen molar-refractivity contribution in [3.05, 3.63) is 17.8 Å². The number of carboxylic acids is 1. The fourth-order valence-corrected chi connectivity index (χ4v) is 1.52. The van der Waals surface area contributed by atoms with Crippen molar-refractivity contribution in [3.8, 4) is 0 Å². The van der Waals surface area contributed by atoms with Gasteiger partial charge in [0.1, 0.15) is 5.82 Å². The maximum absolute atomic E-state index is 11.7. The van der Waals surface area contributed by atoms with Crippen LogP contribution in [0, 0.1) is 5.92 Å². The Balaban J connectivity index is 2.72.